The number of carbonyl (C=O) groups is 2. The van der Waals surface area contributed by atoms with Gasteiger partial charge in [-0.05, 0) is 53.3 Å². The second-order valence-corrected chi connectivity index (χ2v) is 13.1. The molecule has 0 saturated carbocycles. The number of carbonyl (C=O) groups excluding carboxylic acids is 2. The van der Waals surface area contributed by atoms with Gasteiger partial charge in [-0.15, -0.1) is 0 Å². The number of ether oxygens (including phenoxy) is 3. The van der Waals surface area contributed by atoms with E-state index in [2.05, 4.69) is 10.2 Å². The van der Waals surface area contributed by atoms with Crippen LogP contribution in [-0.4, -0.2) is 81.8 Å². The van der Waals surface area contributed by atoms with Gasteiger partial charge in [-0.2, -0.15) is 0 Å². The molecular formula is C22H34F3N4O9PS. The highest BCUT2D eigenvalue weighted by molar-refractivity contribution is 8.10. The van der Waals surface area contributed by atoms with Gasteiger partial charge in [0.25, 0.3) is 12.0 Å². The molecule has 2 rings (SSSR count). The standard InChI is InChI=1S/C22H34F3N4O9PS/c1-10(2)36-18(32)12(5)27-39(40,28-13(6)19(33)37-11(3)4)35-9-22(20(24)25)16(31)15(23)17(38-22)29-8-7-14(30)26-21(29)34/h7-8,10-13,15-17,20,31H,9H2,1-6H3,(H,26,30,34)(H2,27,28,40)/t12-,13-,15-,16-,17+,22+/m0/s1. The number of aliphatic hydroxyl groups excluding tert-OH is 1. The average molecular weight is 619 g/mol. The molecule has 0 aromatic carbocycles. The molecule has 1 saturated heterocycles. The van der Waals surface area contributed by atoms with Crippen LogP contribution in [0.4, 0.5) is 13.2 Å². The van der Waals surface area contributed by atoms with Crippen LogP contribution in [0.3, 0.4) is 0 Å². The predicted molar refractivity (Wildman–Crippen MR) is 139 cm³/mol. The van der Waals surface area contributed by atoms with Crippen molar-refractivity contribution >= 4 is 30.3 Å². The van der Waals surface area contributed by atoms with E-state index >= 15 is 4.39 Å². The lowest BCUT2D eigenvalue weighted by Gasteiger charge is -2.35. The summed E-state index contributed by atoms with van der Waals surface area (Å²) in [5, 5.41) is 15.8. The summed E-state index contributed by atoms with van der Waals surface area (Å²) in [6.45, 7) is 4.02. The number of H-pyrrole nitrogens is 1. The van der Waals surface area contributed by atoms with Gasteiger partial charge < -0.3 is 23.8 Å². The van der Waals surface area contributed by atoms with Crippen molar-refractivity contribution in [2.75, 3.05) is 6.61 Å². The first kappa shape index (κ1) is 34.1. The highest BCUT2D eigenvalue weighted by Crippen LogP contribution is 2.47. The molecule has 0 amide bonds. The van der Waals surface area contributed by atoms with E-state index in [1.807, 2.05) is 4.98 Å². The van der Waals surface area contributed by atoms with Crippen LogP contribution in [0.25, 0.3) is 0 Å². The molecule has 1 aromatic rings. The first-order chi connectivity index (χ1) is 18.4. The average Bonchev–Trinajstić information content (AvgIpc) is 3.08. The third-order valence-electron chi connectivity index (χ3n) is 5.52. The number of halogens is 3. The number of aliphatic hydroxyl groups is 1. The van der Waals surface area contributed by atoms with E-state index in [9.17, 15) is 33.1 Å². The zero-order valence-electron chi connectivity index (χ0n) is 22.6. The van der Waals surface area contributed by atoms with E-state index in [-0.39, 0.29) is 0 Å². The summed E-state index contributed by atoms with van der Waals surface area (Å²) in [4.78, 5) is 50.1. The van der Waals surface area contributed by atoms with Crippen molar-refractivity contribution in [3.8, 4) is 0 Å². The third kappa shape index (κ3) is 8.21. The van der Waals surface area contributed by atoms with Gasteiger partial charge in [0.1, 0.15) is 18.2 Å². The zero-order valence-corrected chi connectivity index (χ0v) is 24.3. The first-order valence-electron chi connectivity index (χ1n) is 12.2. The highest BCUT2D eigenvalue weighted by atomic mass is 32.4. The van der Waals surface area contributed by atoms with Crippen LogP contribution in [0.5, 0.6) is 0 Å². The van der Waals surface area contributed by atoms with Gasteiger partial charge in [-0.25, -0.2) is 28.1 Å². The topological polar surface area (TPSA) is 170 Å². The first-order valence-corrected chi connectivity index (χ1v) is 14.9. The van der Waals surface area contributed by atoms with Crippen molar-refractivity contribution in [3.05, 3.63) is 33.1 Å². The lowest BCUT2D eigenvalue weighted by molar-refractivity contribution is -0.191. The SMILES string of the molecule is CC(C)OC(=O)[C@H](C)NP(=S)(N[C@@H](C)C(=O)OC(C)C)OC[C@@]1(C(F)F)O[C@@H](n2ccc(=O)[nH]c2=O)[C@@H](F)[C@@H]1O. The lowest BCUT2D eigenvalue weighted by Crippen LogP contribution is -2.53. The molecule has 4 N–H and O–H groups in total. The molecule has 1 aromatic heterocycles. The number of rotatable bonds is 13. The Morgan fingerprint density at radius 3 is 2.05 bits per heavy atom. The molecule has 6 atom stereocenters. The number of alkyl halides is 3. The minimum absolute atomic E-state index is 0.498. The largest absolute Gasteiger partial charge is 0.462 e. The van der Waals surface area contributed by atoms with Gasteiger partial charge >= 0.3 is 17.6 Å². The van der Waals surface area contributed by atoms with Gasteiger partial charge in [0.05, 0.1) is 18.8 Å². The van der Waals surface area contributed by atoms with Crippen LogP contribution in [0, 0.1) is 0 Å². The maximum atomic E-state index is 15.1. The van der Waals surface area contributed by atoms with Crippen molar-refractivity contribution in [2.24, 2.45) is 0 Å². The second kappa shape index (κ2) is 13.7. The summed E-state index contributed by atoms with van der Waals surface area (Å²) < 4.78 is 65.5. The number of nitrogens with zero attached hydrogens (tertiary/aromatic N) is 1. The fourth-order valence-electron chi connectivity index (χ4n) is 3.57. The molecule has 13 nitrogen and oxygen atoms in total. The Labute approximate surface area is 232 Å². The van der Waals surface area contributed by atoms with E-state index in [4.69, 9.17) is 30.5 Å². The van der Waals surface area contributed by atoms with Gasteiger partial charge in [0.2, 0.25) is 0 Å². The maximum Gasteiger partial charge on any atom is 0.330 e. The van der Waals surface area contributed by atoms with Gasteiger partial charge in [-0.3, -0.25) is 23.9 Å². The molecule has 18 heteroatoms. The molecule has 228 valence electrons. The van der Waals surface area contributed by atoms with E-state index in [0.717, 1.165) is 12.3 Å². The lowest BCUT2D eigenvalue weighted by atomic mass is 9.97. The summed E-state index contributed by atoms with van der Waals surface area (Å²) in [6, 6.07) is -1.48. The molecule has 1 fully saturated rings. The number of aromatic nitrogens is 2. The number of nitrogens with one attached hydrogen (secondary N) is 3. The minimum atomic E-state index is -3.85. The van der Waals surface area contributed by atoms with Crippen molar-refractivity contribution < 1.29 is 46.6 Å². The Balaban J connectivity index is 2.39. The summed E-state index contributed by atoms with van der Waals surface area (Å²) in [6.07, 6.45) is -10.9. The third-order valence-corrected chi connectivity index (χ3v) is 8.42. The van der Waals surface area contributed by atoms with Crippen LogP contribution in [-0.2, 0) is 40.1 Å². The molecule has 1 aliphatic heterocycles. The monoisotopic (exact) mass is 618 g/mol. The molecule has 0 unspecified atom stereocenters. The predicted octanol–water partition coefficient (Wildman–Crippen LogP) is 0.869. The molecule has 0 bridgehead atoms. The highest BCUT2D eigenvalue weighted by Gasteiger charge is 2.62. The minimum Gasteiger partial charge on any atom is -0.462 e. The summed E-state index contributed by atoms with van der Waals surface area (Å²) in [5.41, 5.74) is -5.04. The number of esters is 2. The maximum absolute atomic E-state index is 15.1. The Kier molecular flexibility index (Phi) is 11.7. The van der Waals surface area contributed by atoms with Crippen LogP contribution in [0.15, 0.2) is 21.9 Å². The van der Waals surface area contributed by atoms with Crippen molar-refractivity contribution in [1.82, 2.24) is 19.7 Å². The molecule has 0 radical (unpaired) electrons. The van der Waals surface area contributed by atoms with E-state index in [1.165, 1.54) is 13.8 Å². The Morgan fingerprint density at radius 2 is 1.62 bits per heavy atom. The molecule has 40 heavy (non-hydrogen) atoms. The summed E-state index contributed by atoms with van der Waals surface area (Å²) in [5.74, 6) is -1.54. The molecule has 0 spiro atoms. The Hall–Kier alpha value is -2.14. The number of hydrogen-bond donors (Lipinski definition) is 4. The van der Waals surface area contributed by atoms with Gasteiger partial charge in [-0.1, -0.05) is 0 Å². The summed E-state index contributed by atoms with van der Waals surface area (Å²) >= 11 is 5.50. The number of aromatic amines is 1. The Bertz CT molecular complexity index is 1180. The summed E-state index contributed by atoms with van der Waals surface area (Å²) in [7, 11) is 0. The Morgan fingerprint density at radius 1 is 1.12 bits per heavy atom. The van der Waals surface area contributed by atoms with E-state index in [0.29, 0.717) is 4.57 Å². The van der Waals surface area contributed by atoms with Crippen molar-refractivity contribution in [2.45, 2.75) is 96.4 Å². The second-order valence-electron chi connectivity index (χ2n) is 9.67. The van der Waals surface area contributed by atoms with Crippen molar-refractivity contribution in [3.63, 3.8) is 0 Å². The fourth-order valence-corrected chi connectivity index (χ4v) is 6.52. The molecular weight excluding hydrogens is 584 g/mol. The zero-order chi connectivity index (χ0) is 30.6. The number of hydrogen-bond acceptors (Lipinski definition) is 10. The van der Waals surface area contributed by atoms with Crippen LogP contribution in [0.1, 0.15) is 47.8 Å². The smallest absolute Gasteiger partial charge is 0.330 e. The van der Waals surface area contributed by atoms with E-state index in [1.54, 1.807) is 27.7 Å². The molecule has 1 aliphatic rings. The van der Waals surface area contributed by atoms with Crippen molar-refractivity contribution in [1.29, 1.82) is 0 Å². The molecule has 0 aliphatic carbocycles. The quantitative estimate of drug-likeness (QED) is 0.182. The van der Waals surface area contributed by atoms with E-state index < -0.39 is 91.2 Å². The van der Waals surface area contributed by atoms with Crippen LogP contribution in [0.2, 0.25) is 0 Å². The fraction of sp³-hybridized carbons (Fsp3) is 0.727. The molecule has 2 heterocycles. The van der Waals surface area contributed by atoms with Gasteiger partial charge in [0.15, 0.2) is 24.6 Å². The van der Waals surface area contributed by atoms with Gasteiger partial charge in [0, 0.05) is 12.3 Å². The normalized spacial score (nSPS) is 24.9. The van der Waals surface area contributed by atoms with Crippen LogP contribution >= 0.6 is 6.57 Å². The van der Waals surface area contributed by atoms with Crippen LogP contribution < -0.4 is 21.4 Å².